The molecule has 0 bridgehead atoms. The quantitative estimate of drug-likeness (QED) is 0.403. The van der Waals surface area contributed by atoms with E-state index in [2.05, 4.69) is 43.4 Å². The van der Waals surface area contributed by atoms with E-state index >= 15 is 0 Å². The molecule has 2 rings (SSSR count). The molecule has 3 N–H and O–H groups in total. The average molecular weight is 369 g/mol. The number of halogens is 1. The van der Waals surface area contributed by atoms with Crippen LogP contribution in [0.3, 0.4) is 0 Å². The van der Waals surface area contributed by atoms with E-state index in [0.29, 0.717) is 10.8 Å². The summed E-state index contributed by atoms with van der Waals surface area (Å²) in [6.07, 6.45) is 3.37. The normalized spacial score (nSPS) is 11.3. The number of unbranched alkanes of at least 4 members (excludes halogenated alkanes) is 2. The molecule has 0 aliphatic carbocycles. The minimum atomic E-state index is -0.0133. The second kappa shape index (κ2) is 7.51. The van der Waals surface area contributed by atoms with Crippen LogP contribution in [0.1, 0.15) is 26.2 Å². The maximum Gasteiger partial charge on any atom is 0.218 e. The van der Waals surface area contributed by atoms with Crippen molar-refractivity contribution in [3.05, 3.63) is 22.7 Å². The van der Waals surface area contributed by atoms with E-state index < -0.39 is 0 Å². The van der Waals surface area contributed by atoms with E-state index in [0.717, 1.165) is 41.2 Å². The van der Waals surface area contributed by atoms with Gasteiger partial charge in [-0.25, -0.2) is 0 Å². The number of H-pyrrole nitrogens is 1. The average Bonchev–Trinajstić information content (AvgIpc) is 2.76. The van der Waals surface area contributed by atoms with E-state index in [1.165, 1.54) is 0 Å². The topological polar surface area (TPSA) is 72.8 Å². The van der Waals surface area contributed by atoms with Crippen molar-refractivity contribution in [2.24, 2.45) is 10.2 Å². The van der Waals surface area contributed by atoms with Crippen LogP contribution in [0.5, 0.6) is 5.88 Å². The predicted molar refractivity (Wildman–Crippen MR) is 92.3 cm³/mol. The molecule has 0 aliphatic rings. The van der Waals surface area contributed by atoms with Crippen molar-refractivity contribution >= 4 is 49.9 Å². The molecule has 1 heterocycles. The van der Waals surface area contributed by atoms with Crippen molar-refractivity contribution in [2.45, 2.75) is 26.2 Å². The van der Waals surface area contributed by atoms with Crippen LogP contribution in [0.4, 0.5) is 5.69 Å². The molecule has 0 amide bonds. The summed E-state index contributed by atoms with van der Waals surface area (Å²) < 4.78 is 0.908. The van der Waals surface area contributed by atoms with Gasteiger partial charge in [-0.3, -0.25) is 0 Å². The Morgan fingerprint density at radius 2 is 2.24 bits per heavy atom. The second-order valence-corrected chi connectivity index (χ2v) is 5.95. The van der Waals surface area contributed by atoms with Gasteiger partial charge in [-0.15, -0.1) is 10.2 Å². The fraction of sp³-hybridized carbons (Fsp3) is 0.357. The first-order valence-electron chi connectivity index (χ1n) is 6.81. The zero-order chi connectivity index (χ0) is 15.2. The van der Waals surface area contributed by atoms with Gasteiger partial charge in [0.25, 0.3) is 0 Å². The smallest absolute Gasteiger partial charge is 0.218 e. The van der Waals surface area contributed by atoms with Gasteiger partial charge in [-0.2, -0.15) is 0 Å². The molecule has 0 saturated carbocycles. The summed E-state index contributed by atoms with van der Waals surface area (Å²) in [5, 5.41) is 22.1. The van der Waals surface area contributed by atoms with Crippen molar-refractivity contribution in [2.75, 3.05) is 6.54 Å². The monoisotopic (exact) mass is 368 g/mol. The molecule has 1 aromatic carbocycles. The molecular formula is C14H17BrN4OS. The summed E-state index contributed by atoms with van der Waals surface area (Å²) in [5.41, 5.74) is 1.19. The molecule has 5 nitrogen and oxygen atoms in total. The Kier molecular flexibility index (Phi) is 5.69. The minimum absolute atomic E-state index is 0.0133. The third kappa shape index (κ3) is 4.25. The third-order valence-electron chi connectivity index (χ3n) is 3.01. The Labute approximate surface area is 137 Å². The number of aromatic amines is 1. The molecular weight excluding hydrogens is 352 g/mol. The number of nitrogens with zero attached hydrogens (tertiary/aromatic N) is 2. The molecule has 112 valence electrons. The predicted octanol–water partition coefficient (Wildman–Crippen LogP) is 4.78. The lowest BCUT2D eigenvalue weighted by atomic mass is 10.2. The van der Waals surface area contributed by atoms with Crippen LogP contribution in [0.15, 0.2) is 32.9 Å². The molecule has 0 atom stereocenters. The van der Waals surface area contributed by atoms with Gasteiger partial charge in [0.2, 0.25) is 11.0 Å². The summed E-state index contributed by atoms with van der Waals surface area (Å²) in [5.74, 6) is -0.0133. The number of benzene rings is 1. The number of fused-ring (bicyclic) bond motifs is 1. The highest BCUT2D eigenvalue weighted by molar-refractivity contribution is 9.10. The summed E-state index contributed by atoms with van der Waals surface area (Å²) in [7, 11) is 0. The van der Waals surface area contributed by atoms with Crippen LogP contribution in [0, 0.1) is 0 Å². The van der Waals surface area contributed by atoms with Crippen LogP contribution in [-0.4, -0.2) is 21.7 Å². The molecule has 0 radical (unpaired) electrons. The van der Waals surface area contributed by atoms with Gasteiger partial charge in [0.15, 0.2) is 5.69 Å². The van der Waals surface area contributed by atoms with E-state index in [1.807, 2.05) is 18.2 Å². The SMILES string of the molecule is CCCCCNC(=S)N=Nc1c(O)[nH]c2ccc(Br)cc12. The van der Waals surface area contributed by atoms with Crippen molar-refractivity contribution in [1.29, 1.82) is 0 Å². The maximum absolute atomic E-state index is 9.90. The van der Waals surface area contributed by atoms with Gasteiger partial charge in [0, 0.05) is 16.4 Å². The molecule has 0 saturated heterocycles. The van der Waals surface area contributed by atoms with E-state index in [9.17, 15) is 5.11 Å². The van der Waals surface area contributed by atoms with E-state index in [4.69, 9.17) is 12.2 Å². The van der Waals surface area contributed by atoms with Crippen LogP contribution in [-0.2, 0) is 0 Å². The molecule has 21 heavy (non-hydrogen) atoms. The maximum atomic E-state index is 9.90. The lowest BCUT2D eigenvalue weighted by Gasteiger charge is -2.01. The van der Waals surface area contributed by atoms with Crippen LogP contribution in [0.25, 0.3) is 10.9 Å². The number of hydrogen-bond acceptors (Lipinski definition) is 3. The number of thiocarbonyl (C=S) groups is 1. The van der Waals surface area contributed by atoms with Crippen molar-refractivity contribution in [1.82, 2.24) is 10.3 Å². The molecule has 0 spiro atoms. The summed E-state index contributed by atoms with van der Waals surface area (Å²) >= 11 is 8.49. The van der Waals surface area contributed by atoms with Gasteiger partial charge >= 0.3 is 0 Å². The molecule has 0 fully saturated rings. The van der Waals surface area contributed by atoms with E-state index in [-0.39, 0.29) is 5.88 Å². The summed E-state index contributed by atoms with van der Waals surface area (Å²) in [6.45, 7) is 2.94. The molecule has 1 aromatic heterocycles. The lowest BCUT2D eigenvalue weighted by molar-refractivity contribution is 0.459. The Morgan fingerprint density at radius 3 is 3.00 bits per heavy atom. The standard InChI is InChI=1S/C14H17BrN4OS/c1-2-3-4-7-16-14(21)19-18-12-10-8-9(15)5-6-11(10)17-13(12)20/h5-6,8,17,20H,2-4,7H2,1H3,(H,16,21). The van der Waals surface area contributed by atoms with Gasteiger partial charge in [0.1, 0.15) is 0 Å². The van der Waals surface area contributed by atoms with Crippen LogP contribution >= 0.6 is 28.1 Å². The number of aromatic nitrogens is 1. The fourth-order valence-corrected chi connectivity index (χ4v) is 2.44. The number of hydrogen-bond donors (Lipinski definition) is 3. The Bertz CT molecular complexity index is 668. The van der Waals surface area contributed by atoms with Crippen LogP contribution in [0.2, 0.25) is 0 Å². The lowest BCUT2D eigenvalue weighted by Crippen LogP contribution is -2.19. The molecule has 0 aliphatic heterocycles. The number of nitrogens with one attached hydrogen (secondary N) is 2. The summed E-state index contributed by atoms with van der Waals surface area (Å²) in [6, 6.07) is 5.62. The molecule has 0 unspecified atom stereocenters. The van der Waals surface area contributed by atoms with Gasteiger partial charge in [0.05, 0.1) is 5.52 Å². The Morgan fingerprint density at radius 1 is 1.43 bits per heavy atom. The zero-order valence-electron chi connectivity index (χ0n) is 11.7. The zero-order valence-corrected chi connectivity index (χ0v) is 14.1. The first kappa shape index (κ1) is 15.9. The molecule has 7 heteroatoms. The molecule has 2 aromatic rings. The van der Waals surface area contributed by atoms with Gasteiger partial charge in [-0.1, -0.05) is 35.7 Å². The van der Waals surface area contributed by atoms with Crippen LogP contribution < -0.4 is 5.32 Å². The highest BCUT2D eigenvalue weighted by Crippen LogP contribution is 2.36. The first-order chi connectivity index (χ1) is 10.1. The van der Waals surface area contributed by atoms with E-state index in [1.54, 1.807) is 0 Å². The largest absolute Gasteiger partial charge is 0.493 e. The number of azo groups is 1. The minimum Gasteiger partial charge on any atom is -0.493 e. The highest BCUT2D eigenvalue weighted by Gasteiger charge is 2.10. The Balaban J connectivity index is 2.08. The van der Waals surface area contributed by atoms with Crippen molar-refractivity contribution < 1.29 is 5.11 Å². The van der Waals surface area contributed by atoms with Gasteiger partial charge < -0.3 is 15.4 Å². The fourth-order valence-electron chi connectivity index (χ4n) is 1.94. The number of aromatic hydroxyl groups is 1. The second-order valence-electron chi connectivity index (χ2n) is 4.65. The number of rotatable bonds is 5. The van der Waals surface area contributed by atoms with Crippen molar-refractivity contribution in [3.63, 3.8) is 0 Å². The summed E-state index contributed by atoms with van der Waals surface area (Å²) in [4.78, 5) is 2.86. The highest BCUT2D eigenvalue weighted by atomic mass is 79.9. The Hall–Kier alpha value is -1.47. The van der Waals surface area contributed by atoms with Gasteiger partial charge in [-0.05, 0) is 36.8 Å². The van der Waals surface area contributed by atoms with Crippen molar-refractivity contribution in [3.8, 4) is 5.88 Å². The third-order valence-corrected chi connectivity index (χ3v) is 3.73. The first-order valence-corrected chi connectivity index (χ1v) is 8.01.